The molecule has 1 fully saturated rings. The largest absolute Gasteiger partial charge is 0.459 e. The summed E-state index contributed by atoms with van der Waals surface area (Å²) in [5.41, 5.74) is 0. The van der Waals surface area contributed by atoms with Crippen molar-refractivity contribution >= 4 is 11.8 Å². The lowest BCUT2D eigenvalue weighted by molar-refractivity contribution is -0.133. The van der Waals surface area contributed by atoms with Crippen LogP contribution in [0.1, 0.15) is 29.8 Å². The van der Waals surface area contributed by atoms with Crippen LogP contribution in [0, 0.1) is 0 Å². The molecule has 6 nitrogen and oxygen atoms in total. The first-order valence-electron chi connectivity index (χ1n) is 6.44. The number of carbonyl (C=O) groups is 2. The first-order valence-corrected chi connectivity index (χ1v) is 6.44. The molecule has 0 bridgehead atoms. The number of hydrogen-bond acceptors (Lipinski definition) is 4. The van der Waals surface area contributed by atoms with E-state index in [1.54, 1.807) is 17.0 Å². The van der Waals surface area contributed by atoms with Gasteiger partial charge in [0.2, 0.25) is 5.91 Å². The summed E-state index contributed by atoms with van der Waals surface area (Å²) in [7, 11) is 0. The van der Waals surface area contributed by atoms with Crippen LogP contribution in [-0.2, 0) is 4.79 Å². The molecule has 1 aromatic heterocycles. The molecule has 0 aliphatic carbocycles. The molecule has 0 saturated carbocycles. The van der Waals surface area contributed by atoms with Crippen molar-refractivity contribution in [2.24, 2.45) is 0 Å². The zero-order valence-corrected chi connectivity index (χ0v) is 10.7. The van der Waals surface area contributed by atoms with Crippen LogP contribution in [-0.4, -0.2) is 47.6 Å². The molecular formula is C13H18N2O4. The zero-order valence-electron chi connectivity index (χ0n) is 10.7. The quantitative estimate of drug-likeness (QED) is 0.825. The molecule has 1 saturated heterocycles. The van der Waals surface area contributed by atoms with Crippen molar-refractivity contribution in [3.63, 3.8) is 0 Å². The number of amides is 2. The molecule has 1 aromatic rings. The number of nitrogens with zero attached hydrogens (tertiary/aromatic N) is 1. The maximum absolute atomic E-state index is 11.8. The SMILES string of the molecule is O=C(NCCC(=O)N1CCC(O)CC1)c1ccco1. The van der Waals surface area contributed by atoms with Gasteiger partial charge in [-0.2, -0.15) is 0 Å². The standard InChI is InChI=1S/C13H18N2O4/c16-10-4-7-15(8-5-10)12(17)3-6-14-13(18)11-2-1-9-19-11/h1-2,9-10,16H,3-8H2,(H,14,18). The zero-order chi connectivity index (χ0) is 13.7. The van der Waals surface area contributed by atoms with E-state index < -0.39 is 0 Å². The van der Waals surface area contributed by atoms with Crippen LogP contribution in [0.3, 0.4) is 0 Å². The minimum atomic E-state index is -0.313. The van der Waals surface area contributed by atoms with Crippen molar-refractivity contribution in [2.75, 3.05) is 19.6 Å². The summed E-state index contributed by atoms with van der Waals surface area (Å²) in [5, 5.41) is 12.0. The molecule has 6 heteroatoms. The lowest BCUT2D eigenvalue weighted by Gasteiger charge is -2.29. The number of rotatable bonds is 4. The lowest BCUT2D eigenvalue weighted by Crippen LogP contribution is -2.41. The first-order chi connectivity index (χ1) is 9.16. The summed E-state index contributed by atoms with van der Waals surface area (Å²) in [6, 6.07) is 3.21. The average Bonchev–Trinajstić information content (AvgIpc) is 2.93. The van der Waals surface area contributed by atoms with E-state index in [9.17, 15) is 14.7 Å². The molecule has 2 amide bonds. The molecule has 0 unspecified atom stereocenters. The van der Waals surface area contributed by atoms with Gasteiger partial charge in [-0.05, 0) is 25.0 Å². The van der Waals surface area contributed by atoms with Crippen molar-refractivity contribution in [1.29, 1.82) is 0 Å². The lowest BCUT2D eigenvalue weighted by atomic mass is 10.1. The minimum Gasteiger partial charge on any atom is -0.459 e. The van der Waals surface area contributed by atoms with Crippen molar-refractivity contribution in [1.82, 2.24) is 10.2 Å². The fourth-order valence-electron chi connectivity index (χ4n) is 2.05. The van der Waals surface area contributed by atoms with Crippen LogP contribution < -0.4 is 5.32 Å². The minimum absolute atomic E-state index is 0.00615. The Morgan fingerprint density at radius 2 is 2.16 bits per heavy atom. The highest BCUT2D eigenvalue weighted by Crippen LogP contribution is 2.10. The Bertz CT molecular complexity index is 422. The maximum atomic E-state index is 11.8. The Balaban J connectivity index is 1.68. The molecule has 2 rings (SSSR count). The number of aliphatic hydroxyl groups is 1. The normalized spacial score (nSPS) is 16.4. The number of likely N-dealkylation sites (tertiary alicyclic amines) is 1. The molecule has 1 aliphatic rings. The first kappa shape index (κ1) is 13.6. The fourth-order valence-corrected chi connectivity index (χ4v) is 2.05. The second kappa shape index (κ2) is 6.38. The van der Waals surface area contributed by atoms with Crippen LogP contribution in [0.4, 0.5) is 0 Å². The summed E-state index contributed by atoms with van der Waals surface area (Å²) >= 11 is 0. The van der Waals surface area contributed by atoms with E-state index in [2.05, 4.69) is 5.32 Å². The van der Waals surface area contributed by atoms with Gasteiger partial charge in [0.1, 0.15) is 0 Å². The van der Waals surface area contributed by atoms with Crippen LogP contribution in [0.5, 0.6) is 0 Å². The van der Waals surface area contributed by atoms with E-state index in [4.69, 9.17) is 4.42 Å². The predicted octanol–water partition coefficient (Wildman–Crippen LogP) is 0.383. The van der Waals surface area contributed by atoms with E-state index in [0.717, 1.165) is 0 Å². The Kier molecular flexibility index (Phi) is 4.57. The number of carbonyl (C=O) groups excluding carboxylic acids is 2. The topological polar surface area (TPSA) is 82.8 Å². The highest BCUT2D eigenvalue weighted by Gasteiger charge is 2.21. The molecule has 0 radical (unpaired) electrons. The van der Waals surface area contributed by atoms with Gasteiger partial charge >= 0.3 is 0 Å². The third-order valence-electron chi connectivity index (χ3n) is 3.19. The van der Waals surface area contributed by atoms with E-state index >= 15 is 0 Å². The van der Waals surface area contributed by atoms with Crippen molar-refractivity contribution in [2.45, 2.75) is 25.4 Å². The molecule has 0 aromatic carbocycles. The van der Waals surface area contributed by atoms with Gasteiger partial charge in [0.15, 0.2) is 5.76 Å². The van der Waals surface area contributed by atoms with E-state index in [1.807, 2.05) is 0 Å². The van der Waals surface area contributed by atoms with E-state index in [-0.39, 0.29) is 36.6 Å². The number of furan rings is 1. The van der Waals surface area contributed by atoms with Gasteiger partial charge in [0, 0.05) is 26.1 Å². The molecule has 0 atom stereocenters. The summed E-state index contributed by atoms with van der Waals surface area (Å²) in [6.07, 6.45) is 2.67. The van der Waals surface area contributed by atoms with Crippen molar-refractivity contribution in [3.05, 3.63) is 24.2 Å². The van der Waals surface area contributed by atoms with Crippen molar-refractivity contribution < 1.29 is 19.1 Å². The smallest absolute Gasteiger partial charge is 0.286 e. The van der Waals surface area contributed by atoms with E-state index in [0.29, 0.717) is 25.9 Å². The van der Waals surface area contributed by atoms with Gasteiger partial charge in [-0.25, -0.2) is 0 Å². The highest BCUT2D eigenvalue weighted by molar-refractivity contribution is 5.91. The van der Waals surface area contributed by atoms with Gasteiger partial charge in [0.05, 0.1) is 12.4 Å². The Morgan fingerprint density at radius 1 is 1.42 bits per heavy atom. The van der Waals surface area contributed by atoms with Gasteiger partial charge < -0.3 is 19.7 Å². The number of nitrogens with one attached hydrogen (secondary N) is 1. The molecule has 19 heavy (non-hydrogen) atoms. The molecular weight excluding hydrogens is 248 g/mol. The fraction of sp³-hybridized carbons (Fsp3) is 0.538. The predicted molar refractivity (Wildman–Crippen MR) is 67.5 cm³/mol. The number of hydrogen-bond donors (Lipinski definition) is 2. The molecule has 1 aliphatic heterocycles. The third kappa shape index (κ3) is 3.82. The van der Waals surface area contributed by atoms with Crippen LogP contribution >= 0.6 is 0 Å². The Labute approximate surface area is 111 Å². The molecule has 0 spiro atoms. The number of piperidine rings is 1. The molecule has 104 valence electrons. The van der Waals surface area contributed by atoms with Gasteiger partial charge in [-0.15, -0.1) is 0 Å². The highest BCUT2D eigenvalue weighted by atomic mass is 16.3. The summed E-state index contributed by atoms with van der Waals surface area (Å²) in [4.78, 5) is 25.1. The monoisotopic (exact) mass is 266 g/mol. The van der Waals surface area contributed by atoms with Gasteiger partial charge in [0.25, 0.3) is 5.91 Å². The second-order valence-corrected chi connectivity index (χ2v) is 4.60. The van der Waals surface area contributed by atoms with E-state index in [1.165, 1.54) is 6.26 Å². The van der Waals surface area contributed by atoms with Gasteiger partial charge in [-0.3, -0.25) is 9.59 Å². The Hall–Kier alpha value is -1.82. The van der Waals surface area contributed by atoms with Crippen molar-refractivity contribution in [3.8, 4) is 0 Å². The summed E-state index contributed by atoms with van der Waals surface area (Å²) < 4.78 is 4.95. The van der Waals surface area contributed by atoms with Crippen LogP contribution in [0.2, 0.25) is 0 Å². The summed E-state index contributed by atoms with van der Waals surface area (Å²) in [5.74, 6) is -0.0629. The molecule has 2 heterocycles. The van der Waals surface area contributed by atoms with Crippen LogP contribution in [0.25, 0.3) is 0 Å². The average molecular weight is 266 g/mol. The molecule has 2 N–H and O–H groups in total. The maximum Gasteiger partial charge on any atom is 0.286 e. The second-order valence-electron chi connectivity index (χ2n) is 4.60. The number of aliphatic hydroxyl groups excluding tert-OH is 1. The summed E-state index contributed by atoms with van der Waals surface area (Å²) in [6.45, 7) is 1.47. The van der Waals surface area contributed by atoms with Crippen LogP contribution in [0.15, 0.2) is 22.8 Å². The van der Waals surface area contributed by atoms with Gasteiger partial charge in [-0.1, -0.05) is 0 Å². The third-order valence-corrected chi connectivity index (χ3v) is 3.19. The Morgan fingerprint density at radius 3 is 2.79 bits per heavy atom.